The van der Waals surface area contributed by atoms with Crippen molar-refractivity contribution in [2.45, 2.75) is 39.7 Å². The van der Waals surface area contributed by atoms with Crippen molar-refractivity contribution >= 4 is 17.0 Å². The van der Waals surface area contributed by atoms with E-state index in [0.717, 1.165) is 23.9 Å². The van der Waals surface area contributed by atoms with Gasteiger partial charge in [0, 0.05) is 6.04 Å². The topological polar surface area (TPSA) is 43.8 Å². The van der Waals surface area contributed by atoms with Crippen LogP contribution in [0.25, 0.3) is 11.0 Å². The second-order valence-electron chi connectivity index (χ2n) is 4.47. The molecule has 0 spiro atoms. The van der Waals surface area contributed by atoms with Gasteiger partial charge >= 0.3 is 0 Å². The van der Waals surface area contributed by atoms with Crippen LogP contribution < -0.4 is 5.73 Å². The molecule has 1 heterocycles. The molecule has 0 bridgehead atoms. The number of benzene rings is 1. The summed E-state index contributed by atoms with van der Waals surface area (Å²) in [6.07, 6.45) is 2.29. The molecular weight excluding hydrogens is 198 g/mol. The van der Waals surface area contributed by atoms with E-state index in [0.29, 0.717) is 12.0 Å². The molecule has 0 saturated carbocycles. The average molecular weight is 217 g/mol. The lowest BCUT2D eigenvalue weighted by molar-refractivity contribution is 0.518. The standard InChI is InChI=1S/C13H19N3/c1-4-5-10(3)16-12-8-9(2)6-7-11(12)15-13(16)14/h6-8,10H,4-5H2,1-3H3,(H2,14,15). The monoisotopic (exact) mass is 217 g/mol. The van der Waals surface area contributed by atoms with Crippen LogP contribution in [0.3, 0.4) is 0 Å². The van der Waals surface area contributed by atoms with Crippen LogP contribution in [-0.2, 0) is 0 Å². The molecule has 1 atom stereocenters. The number of nitrogens with two attached hydrogens (primary N) is 1. The molecule has 86 valence electrons. The summed E-state index contributed by atoms with van der Waals surface area (Å²) in [5, 5.41) is 0. The van der Waals surface area contributed by atoms with Gasteiger partial charge in [-0.1, -0.05) is 19.4 Å². The summed E-state index contributed by atoms with van der Waals surface area (Å²) in [6, 6.07) is 6.68. The molecule has 0 radical (unpaired) electrons. The quantitative estimate of drug-likeness (QED) is 0.857. The predicted molar refractivity (Wildman–Crippen MR) is 68.5 cm³/mol. The Kier molecular flexibility index (Phi) is 2.86. The van der Waals surface area contributed by atoms with E-state index >= 15 is 0 Å². The van der Waals surface area contributed by atoms with Gasteiger partial charge in [-0.25, -0.2) is 4.98 Å². The highest BCUT2D eigenvalue weighted by molar-refractivity contribution is 5.79. The van der Waals surface area contributed by atoms with Crippen LogP contribution in [0.2, 0.25) is 0 Å². The zero-order chi connectivity index (χ0) is 11.7. The highest BCUT2D eigenvalue weighted by Gasteiger charge is 2.12. The van der Waals surface area contributed by atoms with Crippen LogP contribution in [0, 0.1) is 6.92 Å². The Morgan fingerprint density at radius 1 is 1.44 bits per heavy atom. The van der Waals surface area contributed by atoms with E-state index in [2.05, 4.69) is 42.5 Å². The maximum atomic E-state index is 5.99. The Balaban J connectivity index is 2.58. The van der Waals surface area contributed by atoms with Gasteiger partial charge in [0.15, 0.2) is 0 Å². The number of fused-ring (bicyclic) bond motifs is 1. The molecule has 1 aromatic heterocycles. The summed E-state index contributed by atoms with van der Waals surface area (Å²) < 4.78 is 2.14. The maximum Gasteiger partial charge on any atom is 0.201 e. The second kappa shape index (κ2) is 4.16. The third-order valence-corrected chi connectivity index (χ3v) is 3.02. The Bertz CT molecular complexity index is 499. The van der Waals surface area contributed by atoms with Gasteiger partial charge in [0.2, 0.25) is 5.95 Å². The molecule has 0 fully saturated rings. The number of hydrogen-bond donors (Lipinski definition) is 1. The van der Waals surface area contributed by atoms with Gasteiger partial charge in [0.05, 0.1) is 11.0 Å². The van der Waals surface area contributed by atoms with Gasteiger partial charge in [-0.2, -0.15) is 0 Å². The zero-order valence-corrected chi connectivity index (χ0v) is 10.2. The van der Waals surface area contributed by atoms with Crippen LogP contribution >= 0.6 is 0 Å². The summed E-state index contributed by atoms with van der Waals surface area (Å²) in [6.45, 7) is 6.48. The smallest absolute Gasteiger partial charge is 0.201 e. The normalized spacial score (nSPS) is 13.2. The van der Waals surface area contributed by atoms with Crippen molar-refractivity contribution < 1.29 is 0 Å². The number of hydrogen-bond acceptors (Lipinski definition) is 2. The summed E-state index contributed by atoms with van der Waals surface area (Å²) in [7, 11) is 0. The summed E-state index contributed by atoms with van der Waals surface area (Å²) in [5.74, 6) is 0.626. The molecule has 0 aliphatic heterocycles. The predicted octanol–water partition coefficient (Wildman–Crippen LogP) is 3.29. The number of imidazole rings is 1. The fourth-order valence-corrected chi connectivity index (χ4v) is 2.23. The lowest BCUT2D eigenvalue weighted by Crippen LogP contribution is -2.08. The Morgan fingerprint density at radius 3 is 2.88 bits per heavy atom. The first-order chi connectivity index (χ1) is 7.63. The first-order valence-electron chi connectivity index (χ1n) is 5.87. The molecule has 2 aromatic rings. The highest BCUT2D eigenvalue weighted by atomic mass is 15.2. The third kappa shape index (κ3) is 1.77. The number of rotatable bonds is 3. The number of nitrogen functional groups attached to an aromatic ring is 1. The van der Waals surface area contributed by atoms with Crippen molar-refractivity contribution in [1.82, 2.24) is 9.55 Å². The average Bonchev–Trinajstić information content (AvgIpc) is 2.53. The molecule has 16 heavy (non-hydrogen) atoms. The van der Waals surface area contributed by atoms with Gasteiger partial charge in [-0.15, -0.1) is 0 Å². The van der Waals surface area contributed by atoms with Crippen molar-refractivity contribution in [3.8, 4) is 0 Å². The Morgan fingerprint density at radius 2 is 2.19 bits per heavy atom. The molecule has 1 aromatic carbocycles. The van der Waals surface area contributed by atoms with Gasteiger partial charge in [0.1, 0.15) is 0 Å². The molecule has 0 aliphatic carbocycles. The highest BCUT2D eigenvalue weighted by Crippen LogP contribution is 2.25. The molecule has 0 aliphatic rings. The Labute approximate surface area is 96.3 Å². The van der Waals surface area contributed by atoms with Gasteiger partial charge in [0.25, 0.3) is 0 Å². The zero-order valence-electron chi connectivity index (χ0n) is 10.2. The minimum atomic E-state index is 0.414. The van der Waals surface area contributed by atoms with Gasteiger partial charge < -0.3 is 10.3 Å². The van der Waals surface area contributed by atoms with Crippen LogP contribution in [0.4, 0.5) is 5.95 Å². The SMILES string of the molecule is CCCC(C)n1c(N)nc2ccc(C)cc21. The van der Waals surface area contributed by atoms with E-state index < -0.39 is 0 Å². The second-order valence-corrected chi connectivity index (χ2v) is 4.47. The number of aryl methyl sites for hydroxylation is 1. The van der Waals surface area contributed by atoms with Crippen LogP contribution in [0.1, 0.15) is 38.3 Å². The minimum absolute atomic E-state index is 0.414. The molecule has 3 nitrogen and oxygen atoms in total. The van der Waals surface area contributed by atoms with Crippen molar-refractivity contribution in [2.75, 3.05) is 5.73 Å². The Hall–Kier alpha value is -1.51. The van der Waals surface area contributed by atoms with Gasteiger partial charge in [-0.3, -0.25) is 0 Å². The number of anilines is 1. The van der Waals surface area contributed by atoms with E-state index in [9.17, 15) is 0 Å². The van der Waals surface area contributed by atoms with Crippen molar-refractivity contribution in [3.63, 3.8) is 0 Å². The minimum Gasteiger partial charge on any atom is -0.369 e. The summed E-state index contributed by atoms with van der Waals surface area (Å²) in [5.41, 5.74) is 9.38. The molecule has 0 saturated heterocycles. The van der Waals surface area contributed by atoms with Crippen LogP contribution in [0.5, 0.6) is 0 Å². The van der Waals surface area contributed by atoms with Gasteiger partial charge in [-0.05, 0) is 38.0 Å². The first-order valence-corrected chi connectivity index (χ1v) is 5.87. The molecule has 1 unspecified atom stereocenters. The van der Waals surface area contributed by atoms with Crippen molar-refractivity contribution in [1.29, 1.82) is 0 Å². The summed E-state index contributed by atoms with van der Waals surface area (Å²) in [4.78, 5) is 4.40. The van der Waals surface area contributed by atoms with E-state index in [1.165, 1.54) is 5.56 Å². The van der Waals surface area contributed by atoms with E-state index in [1.807, 2.05) is 6.07 Å². The van der Waals surface area contributed by atoms with E-state index in [4.69, 9.17) is 5.73 Å². The lowest BCUT2D eigenvalue weighted by atomic mass is 10.1. The maximum absolute atomic E-state index is 5.99. The molecular formula is C13H19N3. The van der Waals surface area contributed by atoms with Crippen LogP contribution in [-0.4, -0.2) is 9.55 Å². The van der Waals surface area contributed by atoms with E-state index in [1.54, 1.807) is 0 Å². The van der Waals surface area contributed by atoms with Crippen LogP contribution in [0.15, 0.2) is 18.2 Å². The number of aromatic nitrogens is 2. The third-order valence-electron chi connectivity index (χ3n) is 3.02. The summed E-state index contributed by atoms with van der Waals surface area (Å²) >= 11 is 0. The molecule has 3 heteroatoms. The molecule has 2 N–H and O–H groups in total. The largest absolute Gasteiger partial charge is 0.369 e. The molecule has 0 amide bonds. The fourth-order valence-electron chi connectivity index (χ4n) is 2.23. The van der Waals surface area contributed by atoms with Crippen molar-refractivity contribution in [2.24, 2.45) is 0 Å². The first kappa shape index (κ1) is 11.0. The van der Waals surface area contributed by atoms with Crippen molar-refractivity contribution in [3.05, 3.63) is 23.8 Å². The van der Waals surface area contributed by atoms with E-state index in [-0.39, 0.29) is 0 Å². The number of nitrogens with zero attached hydrogens (tertiary/aromatic N) is 2. The fraction of sp³-hybridized carbons (Fsp3) is 0.462. The lowest BCUT2D eigenvalue weighted by Gasteiger charge is -2.15. The molecule has 2 rings (SSSR count).